The van der Waals surface area contributed by atoms with Gasteiger partial charge in [-0.2, -0.15) is 0 Å². The maximum Gasteiger partial charge on any atom is 0.472 e. The minimum Gasteiger partial charge on any atom is -0.462 e. The number of carbonyl (C=O) groups excluding carboxylic acids is 6. The molecule has 0 aromatic rings. The second-order valence-corrected chi connectivity index (χ2v) is 35.0. The summed E-state index contributed by atoms with van der Waals surface area (Å²) in [6.07, 6.45) is 58.6. The Labute approximate surface area is 697 Å². The van der Waals surface area contributed by atoms with E-state index in [1.54, 1.807) is 0 Å². The molecule has 674 valence electrons. The number of hydrogen-bond donors (Lipinski definition) is 6. The number of esters is 2. The van der Waals surface area contributed by atoms with Gasteiger partial charge in [-0.3, -0.25) is 46.9 Å². The monoisotopic (exact) mass is 1680 g/mol. The van der Waals surface area contributed by atoms with E-state index in [-0.39, 0.29) is 88.3 Å². The van der Waals surface area contributed by atoms with E-state index in [1.165, 1.54) is 155 Å². The summed E-state index contributed by atoms with van der Waals surface area (Å²) in [4.78, 5) is 102. The van der Waals surface area contributed by atoms with E-state index in [4.69, 9.17) is 46.5 Å². The van der Waals surface area contributed by atoms with E-state index in [0.717, 1.165) is 128 Å². The fourth-order valence-electron chi connectivity index (χ4n) is 13.6. The number of hydrogen-bond acceptors (Lipinski definition) is 18. The number of phosphoric acid groups is 2. The van der Waals surface area contributed by atoms with Crippen molar-refractivity contribution in [2.75, 3.05) is 65.9 Å². The van der Waals surface area contributed by atoms with E-state index in [0.29, 0.717) is 64.2 Å². The molecule has 0 aromatic heterocycles. The van der Waals surface area contributed by atoms with Crippen molar-refractivity contribution in [3.8, 4) is 0 Å². The second-order valence-electron chi connectivity index (χ2n) is 32.1. The van der Waals surface area contributed by atoms with Crippen LogP contribution in [0.25, 0.3) is 0 Å². The first kappa shape index (κ1) is 109. The van der Waals surface area contributed by atoms with Gasteiger partial charge in [-0.15, -0.1) is 0 Å². The van der Waals surface area contributed by atoms with E-state index in [9.17, 15) is 47.7 Å². The quantitative estimate of drug-likeness (QED) is 0.0143. The number of nitrogens with one attached hydrogen (secondary N) is 4. The van der Waals surface area contributed by atoms with Crippen LogP contribution in [0.4, 0.5) is 0 Å². The number of unbranched alkanes of at least 4 members (excludes halogenated alkanes) is 38. The molecule has 1 saturated heterocycles. The van der Waals surface area contributed by atoms with Gasteiger partial charge in [0, 0.05) is 51.6 Å². The van der Waals surface area contributed by atoms with Gasteiger partial charge >= 0.3 is 27.6 Å². The Morgan fingerprint density at radius 1 is 0.357 bits per heavy atom. The van der Waals surface area contributed by atoms with E-state index in [2.05, 4.69) is 87.1 Å². The second kappa shape index (κ2) is 75.3. The van der Waals surface area contributed by atoms with Gasteiger partial charge in [0.25, 0.3) is 11.8 Å². The zero-order valence-corrected chi connectivity index (χ0v) is 75.5. The molecule has 8 atom stereocenters. The zero-order valence-electron chi connectivity index (χ0n) is 73.7. The third-order valence-electron chi connectivity index (χ3n) is 20.5. The van der Waals surface area contributed by atoms with Gasteiger partial charge in [-0.05, 0) is 104 Å². The molecule has 0 spiro atoms. The third-order valence-corrected chi connectivity index (χ3v) is 22.5. The normalized spacial score (nSPS) is 16.3. The molecule has 0 saturated carbocycles. The summed E-state index contributed by atoms with van der Waals surface area (Å²) in [5.74, 6) is -4.02. The molecule has 6 N–H and O–H groups in total. The van der Waals surface area contributed by atoms with Crippen LogP contribution in [0, 0.1) is 0 Å². The summed E-state index contributed by atoms with van der Waals surface area (Å²) in [5.41, 5.74) is 0. The fraction of sp³-hybridized carbons (Fsp3) is 0.888. The minimum absolute atomic E-state index is 0.0681. The number of amides is 4. The molecule has 1 aliphatic rings. The molecule has 4 amide bonds. The van der Waals surface area contributed by atoms with Crippen molar-refractivity contribution in [2.24, 2.45) is 0 Å². The number of allylic oxidation sites excluding steroid dienone is 4. The van der Waals surface area contributed by atoms with Crippen molar-refractivity contribution >= 4 is 51.2 Å². The average molecular weight is 1680 g/mol. The van der Waals surface area contributed by atoms with E-state index >= 15 is 0 Å². The van der Waals surface area contributed by atoms with Crippen molar-refractivity contribution in [1.82, 2.24) is 21.3 Å². The van der Waals surface area contributed by atoms with E-state index in [1.807, 2.05) is 0 Å². The molecule has 0 bridgehead atoms. The standard InChI is InChI=1S/C89H168N4O20P2/c1-9-15-21-27-31-35-37-41-43-49-55-61-81(94)92-77(73-104-69-65-79(59-53-47-25-19-13-5)110-83(96)63-57-51-45-39-33-29-23-17-11-3)75-108-114(100,101)106-71-67-90-87(98)85-86(113-89(7,8)112-85)88(99)91-68-72-107-115(102,103)109-76-78(93-82(95)62-56-50-44-42-38-36-32-28-22-16-10-2)74-105-70-66-80(60-54-48-26-20-14-6)111-84(97)64-58-52-46-40-34-30-24-18-12-4/h39-40,45-46,77-80,85-86H,9-38,41-44,47-76H2,1-8H3,(H,90,98)(H,91,99)(H,92,94)(H,93,95)(H,100,101)(H,102,103)/t77?,78?,79-,80-,85?,86?/m1/s1. The molecule has 1 heterocycles. The molecule has 6 unspecified atom stereocenters. The van der Waals surface area contributed by atoms with E-state index < -0.39 is 84.0 Å². The Kier molecular flexibility index (Phi) is 71.6. The van der Waals surface area contributed by atoms with Crippen LogP contribution in [0.3, 0.4) is 0 Å². The Bertz CT molecular complexity index is 2380. The largest absolute Gasteiger partial charge is 0.472 e. The van der Waals surface area contributed by atoms with Gasteiger partial charge < -0.3 is 59.5 Å². The smallest absolute Gasteiger partial charge is 0.462 e. The molecule has 26 heteroatoms. The predicted octanol–water partition coefficient (Wildman–Crippen LogP) is 21.1. The van der Waals surface area contributed by atoms with Crippen molar-refractivity contribution in [2.45, 2.75) is 444 Å². The average Bonchev–Trinajstić information content (AvgIpc) is 1.66. The van der Waals surface area contributed by atoms with Crippen molar-refractivity contribution in [3.63, 3.8) is 0 Å². The first-order chi connectivity index (χ1) is 55.6. The summed E-state index contributed by atoms with van der Waals surface area (Å²) in [6.45, 7) is 13.9. The first-order valence-corrected chi connectivity index (χ1v) is 49.2. The van der Waals surface area contributed by atoms with Gasteiger partial charge in [-0.1, -0.05) is 284 Å². The number of rotatable bonds is 84. The highest BCUT2D eigenvalue weighted by atomic mass is 31.2. The van der Waals surface area contributed by atoms with Gasteiger partial charge in [0.2, 0.25) is 11.8 Å². The molecule has 0 radical (unpaired) electrons. The predicted molar refractivity (Wildman–Crippen MR) is 460 cm³/mol. The van der Waals surface area contributed by atoms with Crippen molar-refractivity contribution in [1.29, 1.82) is 0 Å². The highest BCUT2D eigenvalue weighted by Gasteiger charge is 2.49. The molecular formula is C89H168N4O20P2. The van der Waals surface area contributed by atoms with Gasteiger partial charge in [-0.25, -0.2) is 9.13 Å². The van der Waals surface area contributed by atoms with Gasteiger partial charge in [0.05, 0.1) is 64.9 Å². The Morgan fingerprint density at radius 3 is 0.965 bits per heavy atom. The summed E-state index contributed by atoms with van der Waals surface area (Å²) >= 11 is 0. The summed E-state index contributed by atoms with van der Waals surface area (Å²) in [5, 5.41) is 10.9. The minimum atomic E-state index is -4.80. The summed E-state index contributed by atoms with van der Waals surface area (Å²) in [7, 11) is -9.60. The lowest BCUT2D eigenvalue weighted by molar-refractivity contribution is -0.159. The summed E-state index contributed by atoms with van der Waals surface area (Å²) in [6, 6.07) is -1.70. The van der Waals surface area contributed by atoms with Crippen LogP contribution >= 0.6 is 15.6 Å². The maximum atomic E-state index is 13.6. The van der Waals surface area contributed by atoms with Crippen molar-refractivity contribution in [3.05, 3.63) is 24.3 Å². The Morgan fingerprint density at radius 2 is 0.643 bits per heavy atom. The molecule has 1 aliphatic heterocycles. The molecule has 1 rings (SSSR count). The molecule has 24 nitrogen and oxygen atoms in total. The number of ether oxygens (including phenoxy) is 6. The van der Waals surface area contributed by atoms with Crippen LogP contribution in [-0.2, 0) is 84.4 Å². The SMILES string of the molecule is CCCCCCC=CCCCC(=O)O[C@H](CCCCCCC)CCOCC(COP(=O)(O)OCCNC(=O)C1OC(C)(C)OC1C(=O)NCCOP(=O)(O)OCC(COCC[C@@H](CCCCCCC)OC(=O)CCCC=CCCCCCC)NC(=O)CCCCCCCCCCCCC)NC(=O)CCCCCCCCCCCCC. The van der Waals surface area contributed by atoms with Gasteiger partial charge in [0.1, 0.15) is 12.2 Å². The van der Waals surface area contributed by atoms with Crippen LogP contribution < -0.4 is 21.3 Å². The highest BCUT2D eigenvalue weighted by Crippen LogP contribution is 2.44. The number of phosphoric ester groups is 2. The zero-order chi connectivity index (χ0) is 84.4. The van der Waals surface area contributed by atoms with Crippen LogP contribution in [0.5, 0.6) is 0 Å². The lowest BCUT2D eigenvalue weighted by Crippen LogP contribution is -2.48. The topological polar surface area (TPSA) is 317 Å². The third kappa shape index (κ3) is 67.7. The summed E-state index contributed by atoms with van der Waals surface area (Å²) < 4.78 is 83.9. The molecule has 115 heavy (non-hydrogen) atoms. The maximum absolute atomic E-state index is 13.6. The number of carbonyl (C=O) groups is 6. The Balaban J connectivity index is 2.99. The first-order valence-electron chi connectivity index (χ1n) is 46.2. The molecule has 1 fully saturated rings. The molecule has 0 aromatic carbocycles. The lowest BCUT2D eigenvalue weighted by Gasteiger charge is -2.22. The van der Waals surface area contributed by atoms with Gasteiger partial charge in [0.15, 0.2) is 18.0 Å². The van der Waals surface area contributed by atoms with Crippen LogP contribution in [0.1, 0.15) is 402 Å². The van der Waals surface area contributed by atoms with Crippen LogP contribution in [0.2, 0.25) is 0 Å². The lowest BCUT2D eigenvalue weighted by atomic mass is 10.1. The highest BCUT2D eigenvalue weighted by molar-refractivity contribution is 7.47. The molecular weight excluding hydrogens is 1510 g/mol. The fourth-order valence-corrected chi connectivity index (χ4v) is 15.2. The van der Waals surface area contributed by atoms with Crippen LogP contribution in [-0.4, -0.2) is 154 Å². The molecule has 0 aliphatic carbocycles. The van der Waals surface area contributed by atoms with Crippen molar-refractivity contribution < 1.29 is 94.2 Å². The van der Waals surface area contributed by atoms with Crippen LogP contribution in [0.15, 0.2) is 24.3 Å². The Hall–Kier alpha value is -3.64.